The van der Waals surface area contributed by atoms with Gasteiger partial charge in [0.25, 0.3) is 5.56 Å². The van der Waals surface area contributed by atoms with E-state index in [1.807, 2.05) is 66.0 Å². The molecule has 1 aliphatic rings. The molecule has 1 aliphatic heterocycles. The van der Waals surface area contributed by atoms with Gasteiger partial charge in [0.1, 0.15) is 12.6 Å². The summed E-state index contributed by atoms with van der Waals surface area (Å²) in [6.07, 6.45) is 1.77. The zero-order valence-electron chi connectivity index (χ0n) is 18.1. The molecule has 0 radical (unpaired) electrons. The van der Waals surface area contributed by atoms with E-state index in [1.54, 1.807) is 23.6 Å². The number of thiophene rings is 1. The predicted octanol–water partition coefficient (Wildman–Crippen LogP) is 4.69. The van der Waals surface area contributed by atoms with Crippen LogP contribution in [-0.4, -0.2) is 10.5 Å². The van der Waals surface area contributed by atoms with Crippen LogP contribution in [0.5, 0.6) is 0 Å². The SMILES string of the molecule is CC1=C(C(=O)OCc2ccccc2)[C@H](c2cccs2)n2c(s/c(=C/c3ccccc3Cl)c2=O)=N1. The molecule has 0 bridgehead atoms. The van der Waals surface area contributed by atoms with E-state index >= 15 is 0 Å². The Labute approximate surface area is 208 Å². The fraction of sp³-hybridized carbons (Fsp3) is 0.115. The summed E-state index contributed by atoms with van der Waals surface area (Å²) in [5.41, 5.74) is 2.33. The summed E-state index contributed by atoms with van der Waals surface area (Å²) in [4.78, 5) is 32.9. The number of benzene rings is 2. The molecule has 0 fully saturated rings. The number of hydrogen-bond donors (Lipinski definition) is 0. The number of rotatable bonds is 5. The minimum atomic E-state index is -0.604. The number of aromatic nitrogens is 1. The Morgan fingerprint density at radius 2 is 1.88 bits per heavy atom. The van der Waals surface area contributed by atoms with E-state index < -0.39 is 12.0 Å². The molecule has 0 spiro atoms. The van der Waals surface area contributed by atoms with Gasteiger partial charge >= 0.3 is 5.97 Å². The second kappa shape index (κ2) is 9.54. The highest BCUT2D eigenvalue weighted by Gasteiger charge is 2.34. The van der Waals surface area contributed by atoms with Gasteiger partial charge < -0.3 is 4.74 Å². The quantitative estimate of drug-likeness (QED) is 0.369. The third kappa shape index (κ3) is 4.30. The van der Waals surface area contributed by atoms with Gasteiger partial charge in [-0.3, -0.25) is 9.36 Å². The van der Waals surface area contributed by atoms with Crippen LogP contribution >= 0.6 is 34.3 Å². The molecule has 4 aromatic rings. The molecule has 0 unspecified atom stereocenters. The van der Waals surface area contributed by atoms with E-state index in [9.17, 15) is 9.59 Å². The van der Waals surface area contributed by atoms with Crippen molar-refractivity contribution in [3.05, 3.63) is 124 Å². The van der Waals surface area contributed by atoms with Crippen LogP contribution in [0.2, 0.25) is 5.02 Å². The molecule has 5 nitrogen and oxygen atoms in total. The topological polar surface area (TPSA) is 60.7 Å². The first kappa shape index (κ1) is 22.5. The van der Waals surface area contributed by atoms with Crippen molar-refractivity contribution in [2.45, 2.75) is 19.6 Å². The molecule has 0 saturated heterocycles. The molecule has 2 aromatic heterocycles. The third-order valence-corrected chi connectivity index (χ3v) is 7.71. The summed E-state index contributed by atoms with van der Waals surface area (Å²) in [5, 5.41) is 2.49. The van der Waals surface area contributed by atoms with Crippen LogP contribution in [0.25, 0.3) is 6.08 Å². The van der Waals surface area contributed by atoms with Crippen LogP contribution in [-0.2, 0) is 16.1 Å². The van der Waals surface area contributed by atoms with Gasteiger partial charge in [0.05, 0.1) is 15.8 Å². The number of carbonyl (C=O) groups is 1. The molecule has 0 saturated carbocycles. The van der Waals surface area contributed by atoms with Crippen LogP contribution in [0, 0.1) is 0 Å². The molecule has 5 rings (SSSR count). The molecule has 34 heavy (non-hydrogen) atoms. The Bertz CT molecular complexity index is 1570. The zero-order chi connectivity index (χ0) is 23.7. The fourth-order valence-electron chi connectivity index (χ4n) is 3.83. The molecule has 1 atom stereocenters. The van der Waals surface area contributed by atoms with Crippen molar-refractivity contribution in [1.82, 2.24) is 4.57 Å². The van der Waals surface area contributed by atoms with E-state index in [-0.39, 0.29) is 12.2 Å². The largest absolute Gasteiger partial charge is 0.457 e. The molecule has 2 aromatic carbocycles. The van der Waals surface area contributed by atoms with Crippen molar-refractivity contribution >= 4 is 46.3 Å². The van der Waals surface area contributed by atoms with E-state index in [4.69, 9.17) is 16.3 Å². The Kier molecular flexibility index (Phi) is 6.32. The highest BCUT2D eigenvalue weighted by atomic mass is 35.5. The third-order valence-electron chi connectivity index (χ3n) is 5.46. The number of esters is 1. The summed E-state index contributed by atoms with van der Waals surface area (Å²) >= 11 is 9.08. The molecule has 0 amide bonds. The van der Waals surface area contributed by atoms with E-state index in [2.05, 4.69) is 4.99 Å². The summed E-state index contributed by atoms with van der Waals surface area (Å²) in [6, 6.07) is 20.1. The zero-order valence-corrected chi connectivity index (χ0v) is 20.5. The summed E-state index contributed by atoms with van der Waals surface area (Å²) < 4.78 is 7.74. The van der Waals surface area contributed by atoms with Gasteiger partial charge in [0.15, 0.2) is 4.80 Å². The maximum atomic E-state index is 13.6. The smallest absolute Gasteiger partial charge is 0.338 e. The number of allylic oxidation sites excluding steroid dienone is 1. The van der Waals surface area contributed by atoms with Crippen molar-refractivity contribution < 1.29 is 9.53 Å². The standard InChI is InChI=1S/C26H19ClN2O3S2/c1-16-22(25(31)32-15-17-8-3-2-4-9-17)23(20-12-7-13-33-20)29-24(30)21(34-26(29)28-16)14-18-10-5-6-11-19(18)27/h2-14,23H,15H2,1H3/b21-14+/t23-/m0/s1. The maximum Gasteiger partial charge on any atom is 0.338 e. The normalized spacial score (nSPS) is 15.7. The van der Waals surface area contributed by atoms with Gasteiger partial charge in [-0.25, -0.2) is 9.79 Å². The maximum absolute atomic E-state index is 13.6. The summed E-state index contributed by atoms with van der Waals surface area (Å²) in [5.74, 6) is -0.483. The first-order valence-corrected chi connectivity index (χ1v) is 12.6. The number of nitrogens with zero attached hydrogens (tertiary/aromatic N) is 2. The van der Waals surface area contributed by atoms with Crippen LogP contribution < -0.4 is 14.9 Å². The van der Waals surface area contributed by atoms with Crippen LogP contribution in [0.15, 0.2) is 93.2 Å². The van der Waals surface area contributed by atoms with Gasteiger partial charge in [-0.05, 0) is 41.6 Å². The van der Waals surface area contributed by atoms with Crippen molar-refractivity contribution in [3.8, 4) is 0 Å². The van der Waals surface area contributed by atoms with Gasteiger partial charge in [-0.2, -0.15) is 0 Å². The van der Waals surface area contributed by atoms with Crippen molar-refractivity contribution in [2.75, 3.05) is 0 Å². The number of hydrogen-bond acceptors (Lipinski definition) is 6. The lowest BCUT2D eigenvalue weighted by molar-refractivity contribution is -0.140. The Balaban J connectivity index is 1.60. The second-order valence-electron chi connectivity index (χ2n) is 7.68. The predicted molar refractivity (Wildman–Crippen MR) is 136 cm³/mol. The molecule has 0 aliphatic carbocycles. The molecule has 8 heteroatoms. The number of halogens is 1. The molecular weight excluding hydrogens is 488 g/mol. The van der Waals surface area contributed by atoms with Gasteiger partial charge in [0, 0.05) is 9.90 Å². The van der Waals surface area contributed by atoms with Crippen LogP contribution in [0.1, 0.15) is 29.0 Å². The van der Waals surface area contributed by atoms with E-state index in [0.29, 0.717) is 25.6 Å². The van der Waals surface area contributed by atoms with Crippen molar-refractivity contribution in [1.29, 1.82) is 0 Å². The minimum Gasteiger partial charge on any atom is -0.457 e. The summed E-state index contributed by atoms with van der Waals surface area (Å²) in [7, 11) is 0. The summed E-state index contributed by atoms with van der Waals surface area (Å²) in [6.45, 7) is 1.93. The average Bonchev–Trinajstić information content (AvgIpc) is 3.47. The highest BCUT2D eigenvalue weighted by molar-refractivity contribution is 7.10. The Morgan fingerprint density at radius 3 is 2.62 bits per heavy atom. The lowest BCUT2D eigenvalue weighted by Crippen LogP contribution is -2.39. The molecular formula is C26H19ClN2O3S2. The number of thiazole rings is 1. The number of fused-ring (bicyclic) bond motifs is 1. The minimum absolute atomic E-state index is 0.143. The molecule has 170 valence electrons. The van der Waals surface area contributed by atoms with E-state index in [1.165, 1.54) is 22.7 Å². The molecule has 3 heterocycles. The van der Waals surface area contributed by atoms with E-state index in [0.717, 1.165) is 16.0 Å². The first-order valence-electron chi connectivity index (χ1n) is 10.5. The number of carbonyl (C=O) groups excluding carboxylic acids is 1. The van der Waals surface area contributed by atoms with Crippen molar-refractivity contribution in [3.63, 3.8) is 0 Å². The highest BCUT2D eigenvalue weighted by Crippen LogP contribution is 2.33. The van der Waals surface area contributed by atoms with Gasteiger partial charge in [-0.1, -0.05) is 77.5 Å². The second-order valence-corrected chi connectivity index (χ2v) is 10.1. The van der Waals surface area contributed by atoms with Crippen LogP contribution in [0.4, 0.5) is 0 Å². The van der Waals surface area contributed by atoms with Gasteiger partial charge in [-0.15, -0.1) is 11.3 Å². The monoisotopic (exact) mass is 506 g/mol. The fourth-order valence-corrected chi connectivity index (χ4v) is 5.88. The Hall–Kier alpha value is -3.26. The van der Waals surface area contributed by atoms with Crippen molar-refractivity contribution in [2.24, 2.45) is 4.99 Å². The number of ether oxygens (including phenoxy) is 1. The van der Waals surface area contributed by atoms with Gasteiger partial charge in [0.2, 0.25) is 0 Å². The average molecular weight is 507 g/mol. The lowest BCUT2D eigenvalue weighted by Gasteiger charge is -2.23. The van der Waals surface area contributed by atoms with Crippen LogP contribution in [0.3, 0.4) is 0 Å². The molecule has 0 N–H and O–H groups in total. The Morgan fingerprint density at radius 1 is 1.12 bits per heavy atom. The first-order chi connectivity index (χ1) is 16.5. The lowest BCUT2D eigenvalue weighted by atomic mass is 10.0.